The minimum Gasteiger partial charge on any atom is -0.508 e. The second kappa shape index (κ2) is 6.46. The van der Waals surface area contributed by atoms with Crippen molar-refractivity contribution in [2.45, 2.75) is 19.4 Å². The van der Waals surface area contributed by atoms with Crippen LogP contribution in [0.2, 0.25) is 0 Å². The first-order valence-electron chi connectivity index (χ1n) is 7.88. The first-order chi connectivity index (χ1) is 11.1. The van der Waals surface area contributed by atoms with Crippen LogP contribution in [0.5, 0.6) is 11.5 Å². The highest BCUT2D eigenvalue weighted by molar-refractivity contribution is 5.89. The average Bonchev–Trinajstić information content (AvgIpc) is 2.57. The van der Waals surface area contributed by atoms with Crippen LogP contribution in [0.3, 0.4) is 0 Å². The van der Waals surface area contributed by atoms with Crippen LogP contribution >= 0.6 is 0 Å². The van der Waals surface area contributed by atoms with Gasteiger partial charge in [-0.3, -0.25) is 9.69 Å². The van der Waals surface area contributed by atoms with Gasteiger partial charge in [0.15, 0.2) is 0 Å². The lowest BCUT2D eigenvalue weighted by Gasteiger charge is -2.31. The minimum absolute atomic E-state index is 0.0209. The molecule has 0 spiro atoms. The topological polar surface area (TPSA) is 75.8 Å². The van der Waals surface area contributed by atoms with Crippen molar-refractivity contribution in [3.05, 3.63) is 35.9 Å². The fourth-order valence-corrected chi connectivity index (χ4v) is 3.24. The average molecular weight is 314 g/mol. The number of fused-ring (bicyclic) bond motifs is 1. The zero-order valence-electron chi connectivity index (χ0n) is 13.3. The first-order valence-corrected chi connectivity index (χ1v) is 7.88. The maximum Gasteiger partial charge on any atom is 0.220 e. The van der Waals surface area contributed by atoms with Gasteiger partial charge in [-0.05, 0) is 54.9 Å². The van der Waals surface area contributed by atoms with Gasteiger partial charge in [0, 0.05) is 18.0 Å². The van der Waals surface area contributed by atoms with E-state index in [0.717, 1.165) is 48.0 Å². The Hall–Kier alpha value is -2.27. The Morgan fingerprint density at radius 1 is 1.30 bits per heavy atom. The number of carbonyl (C=O) groups excluding carboxylic acids is 1. The minimum atomic E-state index is -0.206. The van der Waals surface area contributed by atoms with Crippen LogP contribution in [-0.4, -0.2) is 36.1 Å². The molecule has 5 nitrogen and oxygen atoms in total. The number of ether oxygens (including phenoxy) is 1. The summed E-state index contributed by atoms with van der Waals surface area (Å²) in [7, 11) is 1.64. The number of hydrogen-bond acceptors (Lipinski definition) is 4. The molecule has 2 aromatic carbocycles. The molecule has 1 saturated heterocycles. The van der Waals surface area contributed by atoms with Crippen LogP contribution in [0.15, 0.2) is 30.3 Å². The van der Waals surface area contributed by atoms with Crippen molar-refractivity contribution in [1.82, 2.24) is 4.90 Å². The maximum absolute atomic E-state index is 11.3. The molecule has 1 heterocycles. The fraction of sp³-hybridized carbons (Fsp3) is 0.389. The number of nitrogens with two attached hydrogens (primary N) is 1. The Balaban J connectivity index is 1.85. The number of primary amides is 1. The van der Waals surface area contributed by atoms with Gasteiger partial charge in [-0.25, -0.2) is 0 Å². The summed E-state index contributed by atoms with van der Waals surface area (Å²) in [6.45, 7) is 2.28. The van der Waals surface area contributed by atoms with Crippen LogP contribution in [0.25, 0.3) is 10.8 Å². The van der Waals surface area contributed by atoms with E-state index in [9.17, 15) is 9.90 Å². The number of phenols is 1. The zero-order valence-corrected chi connectivity index (χ0v) is 13.3. The molecule has 1 aliphatic rings. The number of nitrogens with zero attached hydrogens (tertiary/aromatic N) is 1. The number of piperidine rings is 1. The summed E-state index contributed by atoms with van der Waals surface area (Å²) in [5.41, 5.74) is 6.29. The number of rotatable bonds is 4. The van der Waals surface area contributed by atoms with Gasteiger partial charge < -0.3 is 15.6 Å². The Morgan fingerprint density at radius 2 is 2.00 bits per heavy atom. The fourth-order valence-electron chi connectivity index (χ4n) is 3.24. The highest BCUT2D eigenvalue weighted by Crippen LogP contribution is 2.32. The second-order valence-electron chi connectivity index (χ2n) is 6.10. The van der Waals surface area contributed by atoms with E-state index in [1.807, 2.05) is 24.3 Å². The van der Waals surface area contributed by atoms with E-state index in [1.165, 1.54) is 0 Å². The predicted octanol–water partition coefficient (Wildman–Crippen LogP) is 2.25. The van der Waals surface area contributed by atoms with Gasteiger partial charge >= 0.3 is 0 Å². The lowest BCUT2D eigenvalue weighted by molar-refractivity contribution is -0.123. The van der Waals surface area contributed by atoms with E-state index in [4.69, 9.17) is 10.5 Å². The van der Waals surface area contributed by atoms with Crippen LogP contribution in [0.4, 0.5) is 0 Å². The summed E-state index contributed by atoms with van der Waals surface area (Å²) in [6, 6.07) is 9.52. The molecule has 3 N–H and O–H groups in total. The third-order valence-electron chi connectivity index (χ3n) is 4.69. The molecule has 1 aliphatic heterocycles. The molecule has 0 unspecified atom stereocenters. The number of aromatic hydroxyl groups is 1. The van der Waals surface area contributed by atoms with Crippen molar-refractivity contribution in [2.75, 3.05) is 20.2 Å². The van der Waals surface area contributed by atoms with Gasteiger partial charge in [0.25, 0.3) is 0 Å². The quantitative estimate of drug-likeness (QED) is 0.907. The maximum atomic E-state index is 11.3. The smallest absolute Gasteiger partial charge is 0.220 e. The zero-order chi connectivity index (χ0) is 16.4. The van der Waals surface area contributed by atoms with Crippen molar-refractivity contribution in [1.29, 1.82) is 0 Å². The molecular formula is C18H22N2O3. The van der Waals surface area contributed by atoms with Gasteiger partial charge in [-0.2, -0.15) is 0 Å². The van der Waals surface area contributed by atoms with Crippen LogP contribution in [-0.2, 0) is 11.3 Å². The highest BCUT2D eigenvalue weighted by Gasteiger charge is 2.24. The Labute approximate surface area is 135 Å². The Morgan fingerprint density at radius 3 is 2.65 bits per heavy atom. The van der Waals surface area contributed by atoms with E-state index < -0.39 is 0 Å². The molecule has 1 fully saturated rings. The van der Waals surface area contributed by atoms with Crippen molar-refractivity contribution >= 4 is 16.7 Å². The summed E-state index contributed by atoms with van der Waals surface area (Å²) >= 11 is 0. The number of hydrogen-bond donors (Lipinski definition) is 2. The van der Waals surface area contributed by atoms with Gasteiger partial charge in [0.05, 0.1) is 7.11 Å². The van der Waals surface area contributed by atoms with Crippen molar-refractivity contribution in [3.8, 4) is 11.5 Å². The van der Waals surface area contributed by atoms with Crippen LogP contribution < -0.4 is 10.5 Å². The lowest BCUT2D eigenvalue weighted by Crippen LogP contribution is -2.38. The molecule has 3 rings (SSSR count). The largest absolute Gasteiger partial charge is 0.508 e. The third kappa shape index (κ3) is 3.24. The predicted molar refractivity (Wildman–Crippen MR) is 89.4 cm³/mol. The summed E-state index contributed by atoms with van der Waals surface area (Å²) in [6.07, 6.45) is 1.56. The van der Waals surface area contributed by atoms with Gasteiger partial charge in [-0.1, -0.05) is 12.1 Å². The number of likely N-dealkylation sites (tertiary alicyclic amines) is 1. The van der Waals surface area contributed by atoms with Crippen molar-refractivity contribution < 1.29 is 14.6 Å². The second-order valence-corrected chi connectivity index (χ2v) is 6.10. The molecule has 5 heteroatoms. The normalized spacial score (nSPS) is 16.6. The van der Waals surface area contributed by atoms with Gasteiger partial charge in [-0.15, -0.1) is 0 Å². The summed E-state index contributed by atoms with van der Waals surface area (Å²) in [4.78, 5) is 13.5. The van der Waals surface area contributed by atoms with E-state index in [1.54, 1.807) is 13.2 Å². The summed E-state index contributed by atoms with van der Waals surface area (Å²) in [5.74, 6) is 0.842. The molecule has 0 aromatic heterocycles. The summed E-state index contributed by atoms with van der Waals surface area (Å²) in [5, 5.41) is 12.4. The standard InChI is InChI=1S/C18H22N2O3/c1-23-14-4-2-12-3-5-17(21)16(15(12)10-14)11-20-8-6-13(7-9-20)18(19)22/h2-5,10,13,21H,6-9,11H2,1H3,(H2,19,22). The van der Waals surface area contributed by atoms with E-state index >= 15 is 0 Å². The van der Waals surface area contributed by atoms with E-state index in [-0.39, 0.29) is 11.8 Å². The number of carbonyl (C=O) groups is 1. The van der Waals surface area contributed by atoms with E-state index in [0.29, 0.717) is 12.3 Å². The van der Waals surface area contributed by atoms with E-state index in [2.05, 4.69) is 4.90 Å². The molecule has 0 saturated carbocycles. The molecule has 0 aliphatic carbocycles. The molecule has 23 heavy (non-hydrogen) atoms. The molecule has 122 valence electrons. The van der Waals surface area contributed by atoms with Crippen LogP contribution in [0, 0.1) is 5.92 Å². The monoisotopic (exact) mass is 314 g/mol. The van der Waals surface area contributed by atoms with Crippen LogP contribution in [0.1, 0.15) is 18.4 Å². The third-order valence-corrected chi connectivity index (χ3v) is 4.69. The number of amides is 1. The number of benzene rings is 2. The molecule has 0 atom stereocenters. The first kappa shape index (κ1) is 15.6. The number of methoxy groups -OCH3 is 1. The Kier molecular flexibility index (Phi) is 4.39. The lowest BCUT2D eigenvalue weighted by atomic mass is 9.95. The molecule has 0 bridgehead atoms. The highest BCUT2D eigenvalue weighted by atomic mass is 16.5. The molecule has 1 amide bonds. The Bertz CT molecular complexity index is 722. The SMILES string of the molecule is COc1ccc2ccc(O)c(CN3CCC(C(N)=O)CC3)c2c1. The van der Waals surface area contributed by atoms with Crippen molar-refractivity contribution in [2.24, 2.45) is 11.7 Å². The molecule has 0 radical (unpaired) electrons. The van der Waals surface area contributed by atoms with Gasteiger partial charge in [0.2, 0.25) is 5.91 Å². The molecule has 2 aromatic rings. The summed E-state index contributed by atoms with van der Waals surface area (Å²) < 4.78 is 5.30. The van der Waals surface area contributed by atoms with Crippen molar-refractivity contribution in [3.63, 3.8) is 0 Å². The molecular weight excluding hydrogens is 292 g/mol. The number of phenolic OH excluding ortho intramolecular Hbond substituents is 1. The van der Waals surface area contributed by atoms with Gasteiger partial charge in [0.1, 0.15) is 11.5 Å².